The number of carbonyl (C=O) groups excluding carboxylic acids is 1. The van der Waals surface area contributed by atoms with Crippen molar-refractivity contribution in [3.8, 4) is 5.75 Å². The van der Waals surface area contributed by atoms with Crippen molar-refractivity contribution >= 4 is 14.1 Å². The predicted octanol–water partition coefficient (Wildman–Crippen LogP) is 9.81. The highest BCUT2D eigenvalue weighted by molar-refractivity contribution is 6.74. The summed E-state index contributed by atoms with van der Waals surface area (Å²) in [6, 6.07) is 6.52. The molecular formula is C34H51F3O3Si. The first kappa shape index (κ1) is 32.3. The van der Waals surface area contributed by atoms with Gasteiger partial charge in [0.15, 0.2) is 8.32 Å². The van der Waals surface area contributed by atoms with Crippen molar-refractivity contribution in [1.82, 2.24) is 0 Å². The lowest BCUT2D eigenvalue weighted by molar-refractivity contribution is -0.171. The molecule has 3 aliphatic rings. The van der Waals surface area contributed by atoms with E-state index >= 15 is 0 Å². The minimum absolute atomic E-state index is 0.0150. The number of carbonyl (C=O) groups is 1. The molecule has 6 atom stereocenters. The zero-order valence-corrected chi connectivity index (χ0v) is 27.3. The van der Waals surface area contributed by atoms with Crippen LogP contribution in [0.4, 0.5) is 13.2 Å². The lowest BCUT2D eigenvalue weighted by Gasteiger charge is -2.61. The molecule has 0 aliphatic heterocycles. The SMILES string of the molecule is C=CC12CCc3cc(OC)ccc3C1[C@@H](CCCCCC(=O)C(F)(F)F)C[C@@]1(C)C2CC[C@@H]1O[Si](C)(C)C(C)(C)C. The van der Waals surface area contributed by atoms with E-state index < -0.39 is 26.7 Å². The zero-order valence-electron chi connectivity index (χ0n) is 26.3. The van der Waals surface area contributed by atoms with Crippen LogP contribution in [0.5, 0.6) is 5.75 Å². The predicted molar refractivity (Wildman–Crippen MR) is 162 cm³/mol. The van der Waals surface area contributed by atoms with E-state index in [9.17, 15) is 18.0 Å². The number of aryl methyl sites for hydroxylation is 1. The van der Waals surface area contributed by atoms with Gasteiger partial charge < -0.3 is 9.16 Å². The molecule has 0 bridgehead atoms. The molecule has 0 heterocycles. The maximum atomic E-state index is 12.7. The summed E-state index contributed by atoms with van der Waals surface area (Å²) in [6.45, 7) is 18.5. The number of halogens is 3. The van der Waals surface area contributed by atoms with Crippen molar-refractivity contribution in [3.05, 3.63) is 42.0 Å². The van der Waals surface area contributed by atoms with E-state index in [4.69, 9.17) is 9.16 Å². The van der Waals surface area contributed by atoms with Crippen molar-refractivity contribution in [3.63, 3.8) is 0 Å². The topological polar surface area (TPSA) is 35.5 Å². The van der Waals surface area contributed by atoms with Crippen LogP contribution in [0.1, 0.15) is 103 Å². The number of hydrogen-bond acceptors (Lipinski definition) is 3. The Kier molecular flexibility index (Phi) is 9.05. The molecule has 3 aliphatic carbocycles. The number of ketones is 1. The molecule has 0 amide bonds. The van der Waals surface area contributed by atoms with Crippen molar-refractivity contribution in [2.24, 2.45) is 22.7 Å². The third-order valence-electron chi connectivity index (χ3n) is 11.6. The maximum Gasteiger partial charge on any atom is 0.449 e. The van der Waals surface area contributed by atoms with E-state index in [0.29, 0.717) is 24.2 Å². The van der Waals surface area contributed by atoms with Crippen LogP contribution >= 0.6 is 0 Å². The smallest absolute Gasteiger partial charge is 0.449 e. The number of benzene rings is 1. The Morgan fingerprint density at radius 1 is 1.15 bits per heavy atom. The van der Waals surface area contributed by atoms with Crippen LogP contribution < -0.4 is 4.74 Å². The molecule has 4 rings (SSSR count). The van der Waals surface area contributed by atoms with Gasteiger partial charge in [0.1, 0.15) is 5.75 Å². The van der Waals surface area contributed by atoms with Crippen LogP contribution in [-0.2, 0) is 15.6 Å². The molecule has 0 aromatic heterocycles. The lowest BCUT2D eigenvalue weighted by atomic mass is 9.44. The summed E-state index contributed by atoms with van der Waals surface area (Å²) in [5, 5.41) is 0.130. The highest BCUT2D eigenvalue weighted by Crippen LogP contribution is 2.70. The van der Waals surface area contributed by atoms with Gasteiger partial charge in [0.25, 0.3) is 0 Å². The van der Waals surface area contributed by atoms with Gasteiger partial charge in [-0.05, 0) is 115 Å². The second-order valence-corrected chi connectivity index (χ2v) is 19.6. The molecule has 0 N–H and O–H groups in total. The maximum absolute atomic E-state index is 12.7. The van der Waals surface area contributed by atoms with E-state index in [1.807, 2.05) is 0 Å². The summed E-state index contributed by atoms with van der Waals surface area (Å²) >= 11 is 0. The van der Waals surface area contributed by atoms with Crippen LogP contribution in [-0.4, -0.2) is 33.5 Å². The standard InChI is InChI=1S/C34H51F3O3Si/c1-9-33-20-19-23-21-25(39-6)15-16-26(23)30(33)24(13-11-10-12-14-28(38)34(35,36)37)22-32(5)27(33)17-18-29(32)40-41(7,8)31(2,3)4/h9,15-16,21,24,27,29-30H,1,10-14,17-20,22H2,2-8H3/t24-,27?,29-,30?,32-,33?/m0/s1. The summed E-state index contributed by atoms with van der Waals surface area (Å²) < 4.78 is 50.9. The number of methoxy groups -OCH3 is 1. The van der Waals surface area contributed by atoms with Gasteiger partial charge in [0.05, 0.1) is 13.2 Å². The van der Waals surface area contributed by atoms with Gasteiger partial charge in [0.2, 0.25) is 5.78 Å². The Balaban J connectivity index is 1.65. The first-order valence-electron chi connectivity index (χ1n) is 15.6. The Morgan fingerprint density at radius 3 is 2.46 bits per heavy atom. The fourth-order valence-electron chi connectivity index (χ4n) is 8.53. The third kappa shape index (κ3) is 5.96. The largest absolute Gasteiger partial charge is 0.497 e. The molecule has 230 valence electrons. The van der Waals surface area contributed by atoms with Crippen molar-refractivity contribution < 1.29 is 27.1 Å². The number of Topliss-reactive ketones (excluding diaryl/α,β-unsaturated/α-hetero) is 1. The van der Waals surface area contributed by atoms with Gasteiger partial charge in [-0.1, -0.05) is 52.7 Å². The van der Waals surface area contributed by atoms with Gasteiger partial charge in [-0.15, -0.1) is 6.58 Å². The fourth-order valence-corrected chi connectivity index (χ4v) is 9.98. The minimum Gasteiger partial charge on any atom is -0.497 e. The van der Waals surface area contributed by atoms with Crippen LogP contribution in [0.25, 0.3) is 0 Å². The number of alkyl halides is 3. The summed E-state index contributed by atoms with van der Waals surface area (Å²) in [4.78, 5) is 11.4. The summed E-state index contributed by atoms with van der Waals surface area (Å²) in [7, 11) is -0.281. The van der Waals surface area contributed by atoms with E-state index in [2.05, 4.69) is 71.6 Å². The summed E-state index contributed by atoms with van der Waals surface area (Å²) in [6.07, 6.45) is 5.28. The van der Waals surface area contributed by atoms with Crippen LogP contribution in [0.15, 0.2) is 30.9 Å². The zero-order chi connectivity index (χ0) is 30.4. The second kappa shape index (κ2) is 11.5. The highest BCUT2D eigenvalue weighted by atomic mass is 28.4. The van der Waals surface area contributed by atoms with Crippen molar-refractivity contribution in [2.45, 2.75) is 128 Å². The Hall–Kier alpha value is -1.60. The molecule has 3 nitrogen and oxygen atoms in total. The molecule has 1 aromatic carbocycles. The first-order chi connectivity index (χ1) is 19.0. The first-order valence-corrected chi connectivity index (χ1v) is 18.5. The molecule has 2 saturated carbocycles. The number of rotatable bonds is 10. The summed E-state index contributed by atoms with van der Waals surface area (Å²) in [5.41, 5.74) is 2.71. The van der Waals surface area contributed by atoms with E-state index in [1.165, 1.54) is 11.1 Å². The summed E-state index contributed by atoms with van der Waals surface area (Å²) in [5.74, 6) is 0.427. The lowest BCUT2D eigenvalue weighted by Crippen LogP contribution is -2.56. The monoisotopic (exact) mass is 592 g/mol. The molecule has 0 spiro atoms. The number of ether oxygens (including phenoxy) is 1. The van der Waals surface area contributed by atoms with Gasteiger partial charge in [-0.3, -0.25) is 4.79 Å². The molecule has 41 heavy (non-hydrogen) atoms. The van der Waals surface area contributed by atoms with Gasteiger partial charge in [-0.25, -0.2) is 0 Å². The Morgan fingerprint density at radius 2 is 1.85 bits per heavy atom. The average molecular weight is 593 g/mol. The molecule has 7 heteroatoms. The molecule has 0 radical (unpaired) electrons. The Bertz CT molecular complexity index is 1120. The Labute approximate surface area is 246 Å². The van der Waals surface area contributed by atoms with Crippen molar-refractivity contribution in [1.29, 1.82) is 0 Å². The normalized spacial score (nSPS) is 31.7. The van der Waals surface area contributed by atoms with E-state index in [1.54, 1.807) is 7.11 Å². The second-order valence-electron chi connectivity index (χ2n) is 14.8. The van der Waals surface area contributed by atoms with Crippen LogP contribution in [0.3, 0.4) is 0 Å². The van der Waals surface area contributed by atoms with Crippen LogP contribution in [0.2, 0.25) is 18.1 Å². The highest BCUT2D eigenvalue weighted by Gasteiger charge is 2.64. The fraction of sp³-hybridized carbons (Fsp3) is 0.735. The quantitative estimate of drug-likeness (QED) is 0.154. The van der Waals surface area contributed by atoms with Crippen LogP contribution in [0, 0.1) is 22.7 Å². The van der Waals surface area contributed by atoms with Gasteiger partial charge >= 0.3 is 6.18 Å². The minimum atomic E-state index is -4.73. The number of fused-ring (bicyclic) bond motifs is 5. The van der Waals surface area contributed by atoms with Gasteiger partial charge in [-0.2, -0.15) is 13.2 Å². The van der Waals surface area contributed by atoms with E-state index in [-0.39, 0.29) is 28.4 Å². The molecule has 2 fully saturated rings. The molecule has 3 unspecified atom stereocenters. The number of allylic oxidation sites excluding steroid dienone is 1. The van der Waals surface area contributed by atoms with Gasteiger partial charge in [0, 0.05) is 6.42 Å². The third-order valence-corrected chi connectivity index (χ3v) is 16.1. The van der Waals surface area contributed by atoms with E-state index in [0.717, 1.165) is 50.7 Å². The molecule has 1 aromatic rings. The number of hydrogen-bond donors (Lipinski definition) is 0. The molecular weight excluding hydrogens is 541 g/mol. The number of unbranched alkanes of at least 4 members (excludes halogenated alkanes) is 2. The molecule has 0 saturated heterocycles. The van der Waals surface area contributed by atoms with Crippen molar-refractivity contribution in [2.75, 3.05) is 7.11 Å². The average Bonchev–Trinajstić information content (AvgIpc) is 3.21.